The van der Waals surface area contributed by atoms with Gasteiger partial charge in [-0.25, -0.2) is 0 Å². The Morgan fingerprint density at radius 3 is 2.74 bits per heavy atom. The predicted octanol–water partition coefficient (Wildman–Crippen LogP) is 2.23. The maximum absolute atomic E-state index is 11.6. The van der Waals surface area contributed by atoms with E-state index in [4.69, 9.17) is 5.73 Å². The fourth-order valence-electron chi connectivity index (χ4n) is 2.85. The van der Waals surface area contributed by atoms with Crippen LogP contribution in [0.2, 0.25) is 0 Å². The molecule has 1 aromatic carbocycles. The average Bonchev–Trinajstić information content (AvgIpc) is 3.28. The van der Waals surface area contributed by atoms with Crippen LogP contribution in [0.15, 0.2) is 18.2 Å². The monoisotopic (exact) mass is 259 g/mol. The molecule has 0 aliphatic heterocycles. The molecule has 0 saturated heterocycles. The van der Waals surface area contributed by atoms with Crippen molar-refractivity contribution in [3.8, 4) is 0 Å². The molecule has 0 atom stereocenters. The zero-order valence-corrected chi connectivity index (χ0v) is 11.3. The van der Waals surface area contributed by atoms with Crippen LogP contribution in [0.5, 0.6) is 0 Å². The number of hydrogen-bond donors (Lipinski definition) is 3. The summed E-state index contributed by atoms with van der Waals surface area (Å²) in [6, 6.07) is 5.40. The normalized spacial score (nSPS) is 19.8. The standard InChI is InChI=1S/C15H21N3O/c1-17-14(19)10-2-5-12(16)13(8-10)18-9-15(6-7-15)11-3-4-11/h2,5,8,11,18H,3-4,6-7,9,16H2,1H3,(H,17,19). The van der Waals surface area contributed by atoms with Crippen molar-refractivity contribution in [3.05, 3.63) is 23.8 Å². The lowest BCUT2D eigenvalue weighted by molar-refractivity contribution is 0.0963. The van der Waals surface area contributed by atoms with Crippen molar-refractivity contribution in [2.24, 2.45) is 11.3 Å². The van der Waals surface area contributed by atoms with Gasteiger partial charge in [0.1, 0.15) is 0 Å². The molecule has 2 saturated carbocycles. The van der Waals surface area contributed by atoms with E-state index in [-0.39, 0.29) is 5.91 Å². The summed E-state index contributed by atoms with van der Waals surface area (Å²) >= 11 is 0. The van der Waals surface area contributed by atoms with Crippen LogP contribution in [0.25, 0.3) is 0 Å². The molecule has 0 unspecified atom stereocenters. The van der Waals surface area contributed by atoms with Crippen molar-refractivity contribution in [1.29, 1.82) is 0 Å². The van der Waals surface area contributed by atoms with Gasteiger partial charge in [-0.3, -0.25) is 4.79 Å². The van der Waals surface area contributed by atoms with Crippen LogP contribution in [0, 0.1) is 11.3 Å². The Morgan fingerprint density at radius 2 is 2.16 bits per heavy atom. The summed E-state index contributed by atoms with van der Waals surface area (Å²) in [7, 11) is 1.64. The van der Waals surface area contributed by atoms with E-state index >= 15 is 0 Å². The summed E-state index contributed by atoms with van der Waals surface area (Å²) in [6.07, 6.45) is 5.43. The number of nitrogens with two attached hydrogens (primary N) is 1. The highest BCUT2D eigenvalue weighted by Gasteiger charge is 2.53. The van der Waals surface area contributed by atoms with Gasteiger partial charge in [0, 0.05) is 19.2 Å². The number of carbonyl (C=O) groups excluding carboxylic acids is 1. The summed E-state index contributed by atoms with van der Waals surface area (Å²) in [5.74, 6) is 0.842. The predicted molar refractivity (Wildman–Crippen MR) is 77.1 cm³/mol. The second kappa shape index (κ2) is 4.44. The Labute approximate surface area is 113 Å². The van der Waals surface area contributed by atoms with Crippen LogP contribution in [0.1, 0.15) is 36.0 Å². The molecule has 0 heterocycles. The molecule has 2 fully saturated rings. The smallest absolute Gasteiger partial charge is 0.251 e. The molecule has 0 radical (unpaired) electrons. The fraction of sp³-hybridized carbons (Fsp3) is 0.533. The Morgan fingerprint density at radius 1 is 1.42 bits per heavy atom. The molecule has 2 aliphatic rings. The Hall–Kier alpha value is -1.71. The van der Waals surface area contributed by atoms with E-state index in [0.717, 1.165) is 18.2 Å². The number of amides is 1. The van der Waals surface area contributed by atoms with Crippen molar-refractivity contribution in [2.45, 2.75) is 25.7 Å². The van der Waals surface area contributed by atoms with Gasteiger partial charge in [0.05, 0.1) is 11.4 Å². The minimum Gasteiger partial charge on any atom is -0.397 e. The summed E-state index contributed by atoms with van der Waals surface area (Å²) in [4.78, 5) is 11.6. The minimum atomic E-state index is -0.0774. The molecular formula is C15H21N3O. The molecule has 102 valence electrons. The first-order chi connectivity index (χ1) is 9.14. The minimum absolute atomic E-state index is 0.0774. The third kappa shape index (κ3) is 2.39. The zero-order chi connectivity index (χ0) is 13.5. The van der Waals surface area contributed by atoms with Gasteiger partial charge in [-0.2, -0.15) is 0 Å². The van der Waals surface area contributed by atoms with Gasteiger partial charge in [0.25, 0.3) is 5.91 Å². The number of anilines is 2. The van der Waals surface area contributed by atoms with E-state index < -0.39 is 0 Å². The van der Waals surface area contributed by atoms with Crippen LogP contribution in [-0.2, 0) is 0 Å². The van der Waals surface area contributed by atoms with Crippen molar-refractivity contribution >= 4 is 17.3 Å². The third-order valence-electron chi connectivity index (χ3n) is 4.51. The van der Waals surface area contributed by atoms with Gasteiger partial charge in [-0.15, -0.1) is 0 Å². The van der Waals surface area contributed by atoms with Crippen molar-refractivity contribution < 1.29 is 4.79 Å². The van der Waals surface area contributed by atoms with E-state index in [2.05, 4.69) is 10.6 Å². The lowest BCUT2D eigenvalue weighted by Gasteiger charge is -2.17. The van der Waals surface area contributed by atoms with Gasteiger partial charge < -0.3 is 16.4 Å². The highest BCUT2D eigenvalue weighted by atomic mass is 16.1. The first kappa shape index (κ1) is 12.3. The average molecular weight is 259 g/mol. The van der Waals surface area contributed by atoms with Gasteiger partial charge in [0.2, 0.25) is 0 Å². The van der Waals surface area contributed by atoms with Gasteiger partial charge >= 0.3 is 0 Å². The fourth-order valence-corrected chi connectivity index (χ4v) is 2.85. The van der Waals surface area contributed by atoms with E-state index in [0.29, 0.717) is 16.7 Å². The molecular weight excluding hydrogens is 238 g/mol. The number of carbonyl (C=O) groups is 1. The van der Waals surface area contributed by atoms with Crippen molar-refractivity contribution in [2.75, 3.05) is 24.6 Å². The molecule has 0 aromatic heterocycles. The summed E-state index contributed by atoms with van der Waals surface area (Å²) < 4.78 is 0. The van der Waals surface area contributed by atoms with Crippen LogP contribution in [0.3, 0.4) is 0 Å². The second-order valence-corrected chi connectivity index (χ2v) is 5.87. The molecule has 2 aliphatic carbocycles. The molecule has 1 amide bonds. The molecule has 4 N–H and O–H groups in total. The lowest BCUT2D eigenvalue weighted by atomic mass is 10.0. The van der Waals surface area contributed by atoms with Crippen LogP contribution >= 0.6 is 0 Å². The van der Waals surface area contributed by atoms with Crippen LogP contribution in [0.4, 0.5) is 11.4 Å². The number of hydrogen-bond acceptors (Lipinski definition) is 3. The van der Waals surface area contributed by atoms with Crippen LogP contribution < -0.4 is 16.4 Å². The van der Waals surface area contributed by atoms with E-state index in [1.165, 1.54) is 25.7 Å². The first-order valence-corrected chi connectivity index (χ1v) is 7.00. The van der Waals surface area contributed by atoms with E-state index in [1.54, 1.807) is 19.2 Å². The second-order valence-electron chi connectivity index (χ2n) is 5.87. The lowest BCUT2D eigenvalue weighted by Crippen LogP contribution is -2.20. The Bertz CT molecular complexity index is 504. The SMILES string of the molecule is CNC(=O)c1ccc(N)c(NCC2(C3CC3)CC2)c1. The van der Waals surface area contributed by atoms with E-state index in [1.807, 2.05) is 6.07 Å². The molecule has 0 spiro atoms. The first-order valence-electron chi connectivity index (χ1n) is 7.00. The Balaban J connectivity index is 1.71. The Kier molecular flexibility index (Phi) is 2.88. The number of nitrogens with one attached hydrogen (secondary N) is 2. The molecule has 1 aromatic rings. The van der Waals surface area contributed by atoms with E-state index in [9.17, 15) is 4.79 Å². The summed E-state index contributed by atoms with van der Waals surface area (Å²) in [5.41, 5.74) is 8.74. The van der Waals surface area contributed by atoms with Crippen molar-refractivity contribution in [1.82, 2.24) is 5.32 Å². The third-order valence-corrected chi connectivity index (χ3v) is 4.51. The largest absolute Gasteiger partial charge is 0.397 e. The molecule has 4 nitrogen and oxygen atoms in total. The molecule has 0 bridgehead atoms. The number of nitrogen functional groups attached to an aromatic ring is 1. The molecule has 19 heavy (non-hydrogen) atoms. The van der Waals surface area contributed by atoms with Gasteiger partial charge in [0.15, 0.2) is 0 Å². The maximum Gasteiger partial charge on any atom is 0.251 e. The topological polar surface area (TPSA) is 67.2 Å². The summed E-state index contributed by atoms with van der Waals surface area (Å²) in [5, 5.41) is 6.08. The zero-order valence-electron chi connectivity index (χ0n) is 11.3. The highest BCUT2D eigenvalue weighted by molar-refractivity contribution is 5.96. The van der Waals surface area contributed by atoms with Gasteiger partial charge in [-0.1, -0.05) is 0 Å². The quantitative estimate of drug-likeness (QED) is 0.710. The number of benzene rings is 1. The molecule has 4 heteroatoms. The van der Waals surface area contributed by atoms with Crippen molar-refractivity contribution in [3.63, 3.8) is 0 Å². The summed E-state index contributed by atoms with van der Waals surface area (Å²) in [6.45, 7) is 0.985. The number of rotatable bonds is 5. The highest BCUT2D eigenvalue weighted by Crippen LogP contribution is 2.61. The molecule has 3 rings (SSSR count). The maximum atomic E-state index is 11.6. The van der Waals surface area contributed by atoms with Crippen LogP contribution in [-0.4, -0.2) is 19.5 Å². The van der Waals surface area contributed by atoms with Gasteiger partial charge in [-0.05, 0) is 55.2 Å².